The summed E-state index contributed by atoms with van der Waals surface area (Å²) in [5, 5.41) is 3.66. The van der Waals surface area contributed by atoms with Gasteiger partial charge in [-0.3, -0.25) is 9.80 Å². The van der Waals surface area contributed by atoms with Gasteiger partial charge in [0.2, 0.25) is 0 Å². The standard InChI is InChI=1S/C14H27N3O/c1-18-11-14(9-15-12-4-5-12)17-8-7-16-6-2-3-13(16)10-17/h12-15H,2-11H2,1H3. The molecule has 0 aromatic heterocycles. The Kier molecular flexibility index (Phi) is 4.19. The van der Waals surface area contributed by atoms with Gasteiger partial charge in [0.1, 0.15) is 0 Å². The summed E-state index contributed by atoms with van der Waals surface area (Å²) in [6.45, 7) is 7.02. The number of nitrogens with zero attached hydrogens (tertiary/aromatic N) is 2. The van der Waals surface area contributed by atoms with E-state index >= 15 is 0 Å². The topological polar surface area (TPSA) is 27.7 Å². The number of methoxy groups -OCH3 is 1. The van der Waals surface area contributed by atoms with Gasteiger partial charge in [-0.25, -0.2) is 0 Å². The van der Waals surface area contributed by atoms with E-state index < -0.39 is 0 Å². The van der Waals surface area contributed by atoms with Crippen LogP contribution in [0.15, 0.2) is 0 Å². The van der Waals surface area contributed by atoms with Gasteiger partial charge in [0, 0.05) is 51.4 Å². The van der Waals surface area contributed by atoms with Gasteiger partial charge in [-0.2, -0.15) is 0 Å². The zero-order chi connectivity index (χ0) is 12.4. The van der Waals surface area contributed by atoms with Crippen LogP contribution in [0.5, 0.6) is 0 Å². The monoisotopic (exact) mass is 253 g/mol. The van der Waals surface area contributed by atoms with Crippen LogP contribution in [0.25, 0.3) is 0 Å². The van der Waals surface area contributed by atoms with Crippen molar-refractivity contribution in [2.45, 2.75) is 43.8 Å². The third kappa shape index (κ3) is 3.05. The second kappa shape index (κ2) is 5.87. The molecule has 0 spiro atoms. The smallest absolute Gasteiger partial charge is 0.0630 e. The van der Waals surface area contributed by atoms with Crippen LogP contribution in [0.3, 0.4) is 0 Å². The van der Waals surface area contributed by atoms with Crippen molar-refractivity contribution in [3.8, 4) is 0 Å². The van der Waals surface area contributed by atoms with E-state index in [1.54, 1.807) is 0 Å². The summed E-state index contributed by atoms with van der Waals surface area (Å²) in [6, 6.07) is 2.19. The molecule has 104 valence electrons. The molecule has 2 unspecified atom stereocenters. The Morgan fingerprint density at radius 3 is 2.89 bits per heavy atom. The summed E-state index contributed by atoms with van der Waals surface area (Å²) >= 11 is 0. The third-order valence-electron chi connectivity index (χ3n) is 4.71. The summed E-state index contributed by atoms with van der Waals surface area (Å²) in [6.07, 6.45) is 5.53. The van der Waals surface area contributed by atoms with Crippen LogP contribution in [-0.4, -0.2) is 74.4 Å². The third-order valence-corrected chi connectivity index (χ3v) is 4.71. The minimum absolute atomic E-state index is 0.568. The molecule has 0 aromatic rings. The maximum atomic E-state index is 5.43. The summed E-state index contributed by atoms with van der Waals surface area (Å²) in [7, 11) is 1.83. The molecule has 3 rings (SSSR count). The Morgan fingerprint density at radius 2 is 2.11 bits per heavy atom. The second-order valence-electron chi connectivity index (χ2n) is 6.12. The van der Waals surface area contributed by atoms with Gasteiger partial charge in [-0.05, 0) is 32.2 Å². The highest BCUT2D eigenvalue weighted by atomic mass is 16.5. The number of hydrogen-bond donors (Lipinski definition) is 1. The Bertz CT molecular complexity index is 270. The molecule has 0 bridgehead atoms. The molecular formula is C14H27N3O. The molecule has 2 aliphatic heterocycles. The van der Waals surface area contributed by atoms with Gasteiger partial charge in [0.05, 0.1) is 6.61 Å². The van der Waals surface area contributed by atoms with E-state index in [0.717, 1.165) is 25.2 Å². The molecule has 0 aromatic carbocycles. The molecule has 4 heteroatoms. The quantitative estimate of drug-likeness (QED) is 0.747. The predicted molar refractivity (Wildman–Crippen MR) is 72.9 cm³/mol. The molecular weight excluding hydrogens is 226 g/mol. The first kappa shape index (κ1) is 12.9. The number of hydrogen-bond acceptors (Lipinski definition) is 4. The molecule has 1 aliphatic carbocycles. The highest BCUT2D eigenvalue weighted by Crippen LogP contribution is 2.23. The minimum Gasteiger partial charge on any atom is -0.383 e. The number of rotatable bonds is 6. The summed E-state index contributed by atoms with van der Waals surface area (Å²) in [5.74, 6) is 0. The average molecular weight is 253 g/mol. The van der Waals surface area contributed by atoms with E-state index in [1.165, 1.54) is 51.9 Å². The lowest BCUT2D eigenvalue weighted by Crippen LogP contribution is -2.56. The number of fused-ring (bicyclic) bond motifs is 1. The molecule has 2 atom stereocenters. The van der Waals surface area contributed by atoms with Crippen molar-refractivity contribution >= 4 is 0 Å². The number of ether oxygens (including phenoxy) is 1. The first-order valence-corrected chi connectivity index (χ1v) is 7.57. The van der Waals surface area contributed by atoms with E-state index in [0.29, 0.717) is 6.04 Å². The van der Waals surface area contributed by atoms with Gasteiger partial charge in [-0.1, -0.05) is 0 Å². The Hall–Kier alpha value is -0.160. The van der Waals surface area contributed by atoms with Crippen molar-refractivity contribution in [2.24, 2.45) is 0 Å². The molecule has 3 aliphatic rings. The average Bonchev–Trinajstić information content (AvgIpc) is 3.10. The Labute approximate surface area is 111 Å². The van der Waals surface area contributed by atoms with Crippen molar-refractivity contribution < 1.29 is 4.74 Å². The molecule has 2 heterocycles. The number of piperazine rings is 1. The first-order valence-electron chi connectivity index (χ1n) is 7.57. The molecule has 3 fully saturated rings. The van der Waals surface area contributed by atoms with Crippen LogP contribution >= 0.6 is 0 Å². The first-order chi connectivity index (χ1) is 8.86. The molecule has 4 nitrogen and oxygen atoms in total. The van der Waals surface area contributed by atoms with Crippen LogP contribution in [0.2, 0.25) is 0 Å². The van der Waals surface area contributed by atoms with Gasteiger partial charge in [-0.15, -0.1) is 0 Å². The maximum absolute atomic E-state index is 5.43. The largest absolute Gasteiger partial charge is 0.383 e. The molecule has 1 N–H and O–H groups in total. The van der Waals surface area contributed by atoms with Crippen molar-refractivity contribution in [1.82, 2.24) is 15.1 Å². The highest BCUT2D eigenvalue weighted by molar-refractivity contribution is 4.91. The van der Waals surface area contributed by atoms with Crippen LogP contribution < -0.4 is 5.32 Å². The van der Waals surface area contributed by atoms with Gasteiger partial charge >= 0.3 is 0 Å². The lowest BCUT2D eigenvalue weighted by molar-refractivity contribution is 0.0342. The fraction of sp³-hybridized carbons (Fsp3) is 1.00. The van der Waals surface area contributed by atoms with Crippen molar-refractivity contribution in [3.63, 3.8) is 0 Å². The predicted octanol–water partition coefficient (Wildman–Crippen LogP) is 0.533. The normalized spacial score (nSPS) is 31.5. The van der Waals surface area contributed by atoms with Gasteiger partial charge in [0.15, 0.2) is 0 Å². The SMILES string of the molecule is COCC(CNC1CC1)N1CCN2CCCC2C1. The van der Waals surface area contributed by atoms with Crippen molar-refractivity contribution in [3.05, 3.63) is 0 Å². The molecule has 1 saturated carbocycles. The van der Waals surface area contributed by atoms with Crippen molar-refractivity contribution in [1.29, 1.82) is 0 Å². The Morgan fingerprint density at radius 1 is 1.22 bits per heavy atom. The summed E-state index contributed by atoms with van der Waals surface area (Å²) in [4.78, 5) is 5.33. The maximum Gasteiger partial charge on any atom is 0.0630 e. The Balaban J connectivity index is 1.51. The zero-order valence-electron chi connectivity index (χ0n) is 11.6. The summed E-state index contributed by atoms with van der Waals surface area (Å²) in [5.41, 5.74) is 0. The van der Waals surface area contributed by atoms with E-state index in [9.17, 15) is 0 Å². The molecule has 2 saturated heterocycles. The van der Waals surface area contributed by atoms with Gasteiger partial charge in [0.25, 0.3) is 0 Å². The van der Waals surface area contributed by atoms with Crippen LogP contribution in [0, 0.1) is 0 Å². The van der Waals surface area contributed by atoms with Crippen LogP contribution in [0.1, 0.15) is 25.7 Å². The van der Waals surface area contributed by atoms with Crippen LogP contribution in [-0.2, 0) is 4.74 Å². The van der Waals surface area contributed by atoms with E-state index in [4.69, 9.17) is 4.74 Å². The molecule has 18 heavy (non-hydrogen) atoms. The van der Waals surface area contributed by atoms with E-state index in [-0.39, 0.29) is 0 Å². The fourth-order valence-corrected chi connectivity index (χ4v) is 3.42. The fourth-order valence-electron chi connectivity index (χ4n) is 3.42. The summed E-state index contributed by atoms with van der Waals surface area (Å²) < 4.78 is 5.43. The van der Waals surface area contributed by atoms with Crippen LogP contribution in [0.4, 0.5) is 0 Å². The lowest BCUT2D eigenvalue weighted by Gasteiger charge is -2.41. The van der Waals surface area contributed by atoms with Crippen molar-refractivity contribution in [2.75, 3.05) is 46.4 Å². The minimum atomic E-state index is 0.568. The van der Waals surface area contributed by atoms with Gasteiger partial charge < -0.3 is 10.1 Å². The number of nitrogens with one attached hydrogen (secondary N) is 1. The lowest BCUT2D eigenvalue weighted by atomic mass is 10.1. The zero-order valence-corrected chi connectivity index (χ0v) is 11.6. The molecule has 0 radical (unpaired) electrons. The highest BCUT2D eigenvalue weighted by Gasteiger charge is 2.33. The van der Waals surface area contributed by atoms with E-state index in [1.807, 2.05) is 7.11 Å². The van der Waals surface area contributed by atoms with E-state index in [2.05, 4.69) is 15.1 Å². The second-order valence-corrected chi connectivity index (χ2v) is 6.12. The molecule has 0 amide bonds.